The van der Waals surface area contributed by atoms with E-state index in [4.69, 9.17) is 4.99 Å². The highest BCUT2D eigenvalue weighted by Crippen LogP contribution is 2.20. The summed E-state index contributed by atoms with van der Waals surface area (Å²) in [6.45, 7) is 7.66. The third-order valence-electron chi connectivity index (χ3n) is 5.45. The number of likely N-dealkylation sites (tertiary alicyclic amines) is 1. The molecule has 1 aliphatic rings. The quantitative estimate of drug-likeness (QED) is 0.488. The van der Waals surface area contributed by atoms with Crippen molar-refractivity contribution in [2.45, 2.75) is 45.4 Å². The zero-order valence-corrected chi connectivity index (χ0v) is 18.2. The minimum atomic E-state index is -0.0793. The van der Waals surface area contributed by atoms with Crippen LogP contribution in [0.5, 0.6) is 0 Å². The molecule has 0 aliphatic carbocycles. The van der Waals surface area contributed by atoms with Crippen molar-refractivity contribution < 1.29 is 4.79 Å². The highest BCUT2D eigenvalue weighted by atomic mass is 16.1. The predicted octanol–water partition coefficient (Wildman–Crippen LogP) is 2.76. The van der Waals surface area contributed by atoms with Crippen LogP contribution < -0.4 is 16.0 Å². The lowest BCUT2D eigenvalue weighted by molar-refractivity contribution is 0.0963. The van der Waals surface area contributed by atoms with Gasteiger partial charge in [0.2, 0.25) is 0 Å². The summed E-state index contributed by atoms with van der Waals surface area (Å²) in [6, 6.07) is 19.1. The Kier molecular flexibility index (Phi) is 7.85. The van der Waals surface area contributed by atoms with Gasteiger partial charge in [-0.2, -0.15) is 0 Å². The van der Waals surface area contributed by atoms with Crippen molar-refractivity contribution in [3.63, 3.8) is 0 Å². The lowest BCUT2D eigenvalue weighted by atomic mass is 10.1. The molecule has 0 aromatic heterocycles. The summed E-state index contributed by atoms with van der Waals surface area (Å²) < 4.78 is 0. The number of aliphatic imine (C=N–C) groups is 1. The Balaban J connectivity index is 1.60. The lowest BCUT2D eigenvalue weighted by Gasteiger charge is -2.21. The first-order chi connectivity index (χ1) is 14.6. The molecule has 6 heteroatoms. The number of hydrogen-bond acceptors (Lipinski definition) is 3. The van der Waals surface area contributed by atoms with Gasteiger partial charge in [0.25, 0.3) is 5.91 Å². The minimum absolute atomic E-state index is 0.0793. The second-order valence-electron chi connectivity index (χ2n) is 7.82. The summed E-state index contributed by atoms with van der Waals surface area (Å²) >= 11 is 0. The van der Waals surface area contributed by atoms with E-state index < -0.39 is 0 Å². The molecular formula is C24H33N5O. The highest BCUT2D eigenvalue weighted by Gasteiger charge is 2.29. The molecule has 3 rings (SSSR count). The summed E-state index contributed by atoms with van der Waals surface area (Å²) in [4.78, 5) is 19.1. The monoisotopic (exact) mass is 407 g/mol. The van der Waals surface area contributed by atoms with E-state index >= 15 is 0 Å². The van der Waals surface area contributed by atoms with Gasteiger partial charge in [0.05, 0.1) is 6.54 Å². The summed E-state index contributed by atoms with van der Waals surface area (Å²) in [5, 5.41) is 9.61. The van der Waals surface area contributed by atoms with Gasteiger partial charge in [-0.3, -0.25) is 9.69 Å². The van der Waals surface area contributed by atoms with Crippen LogP contribution in [0.2, 0.25) is 0 Å². The standard InChI is InChI=1S/C24H33N5O/c1-4-26-24(27-15-20-11-8-12-21(14-20)23(30)25-3)28-22-13-18(2)29(17-22)16-19-9-6-5-7-10-19/h5-12,14,18,22H,4,13,15-17H2,1-3H3,(H,25,30)(H2,26,27,28). The van der Waals surface area contributed by atoms with Crippen molar-refractivity contribution in [2.24, 2.45) is 4.99 Å². The number of benzene rings is 2. The number of carbonyl (C=O) groups excluding carboxylic acids is 1. The third-order valence-corrected chi connectivity index (χ3v) is 5.45. The molecule has 2 aromatic rings. The number of guanidine groups is 1. The first-order valence-electron chi connectivity index (χ1n) is 10.7. The Morgan fingerprint density at radius 3 is 2.63 bits per heavy atom. The van der Waals surface area contributed by atoms with Crippen molar-refractivity contribution in [2.75, 3.05) is 20.1 Å². The molecule has 0 saturated carbocycles. The fraction of sp³-hybridized carbons (Fsp3) is 0.417. The zero-order valence-electron chi connectivity index (χ0n) is 18.2. The zero-order chi connectivity index (χ0) is 21.3. The van der Waals surface area contributed by atoms with Crippen molar-refractivity contribution in [3.8, 4) is 0 Å². The molecule has 3 N–H and O–H groups in total. The number of amides is 1. The molecule has 1 amide bonds. The molecule has 160 valence electrons. The van der Waals surface area contributed by atoms with Crippen LogP contribution in [-0.4, -0.2) is 49.0 Å². The molecule has 0 bridgehead atoms. The molecule has 30 heavy (non-hydrogen) atoms. The molecule has 6 nitrogen and oxygen atoms in total. The van der Waals surface area contributed by atoms with E-state index in [1.54, 1.807) is 7.05 Å². The van der Waals surface area contributed by atoms with Gasteiger partial charge in [-0.15, -0.1) is 0 Å². The van der Waals surface area contributed by atoms with Crippen LogP contribution in [0.25, 0.3) is 0 Å². The van der Waals surface area contributed by atoms with Gasteiger partial charge in [-0.1, -0.05) is 42.5 Å². The van der Waals surface area contributed by atoms with Crippen LogP contribution >= 0.6 is 0 Å². The molecule has 1 heterocycles. The Labute approximate surface area is 179 Å². The maximum absolute atomic E-state index is 11.9. The van der Waals surface area contributed by atoms with E-state index in [2.05, 4.69) is 65.0 Å². The summed E-state index contributed by atoms with van der Waals surface area (Å²) in [5.41, 5.74) is 3.02. The molecule has 1 aliphatic heterocycles. The van der Waals surface area contributed by atoms with E-state index in [0.29, 0.717) is 24.2 Å². The Bertz CT molecular complexity index is 852. The maximum atomic E-state index is 11.9. The highest BCUT2D eigenvalue weighted by molar-refractivity contribution is 5.94. The van der Waals surface area contributed by atoms with Crippen LogP contribution in [0.1, 0.15) is 41.8 Å². The average molecular weight is 408 g/mol. The molecule has 0 radical (unpaired) electrons. The van der Waals surface area contributed by atoms with Crippen molar-refractivity contribution in [1.29, 1.82) is 0 Å². The van der Waals surface area contributed by atoms with Crippen molar-refractivity contribution in [1.82, 2.24) is 20.9 Å². The van der Waals surface area contributed by atoms with Gasteiger partial charge >= 0.3 is 0 Å². The van der Waals surface area contributed by atoms with Crippen LogP contribution in [0.4, 0.5) is 0 Å². The minimum Gasteiger partial charge on any atom is -0.357 e. The number of rotatable bonds is 7. The molecule has 0 spiro atoms. The van der Waals surface area contributed by atoms with Gasteiger partial charge in [-0.25, -0.2) is 4.99 Å². The number of nitrogens with zero attached hydrogens (tertiary/aromatic N) is 2. The summed E-state index contributed by atoms with van der Waals surface area (Å²) in [7, 11) is 1.64. The maximum Gasteiger partial charge on any atom is 0.251 e. The molecule has 1 fully saturated rings. The predicted molar refractivity (Wildman–Crippen MR) is 123 cm³/mol. The largest absolute Gasteiger partial charge is 0.357 e. The van der Waals surface area contributed by atoms with Crippen LogP contribution in [0.3, 0.4) is 0 Å². The molecule has 1 saturated heterocycles. The number of nitrogens with one attached hydrogen (secondary N) is 3. The van der Waals surface area contributed by atoms with Gasteiger partial charge in [0, 0.05) is 44.3 Å². The van der Waals surface area contributed by atoms with Crippen molar-refractivity contribution in [3.05, 3.63) is 71.3 Å². The number of hydrogen-bond donors (Lipinski definition) is 3. The first-order valence-corrected chi connectivity index (χ1v) is 10.7. The second-order valence-corrected chi connectivity index (χ2v) is 7.82. The first kappa shape index (κ1) is 21.8. The lowest BCUT2D eigenvalue weighted by Crippen LogP contribution is -2.44. The molecule has 2 unspecified atom stereocenters. The fourth-order valence-corrected chi connectivity index (χ4v) is 3.88. The van der Waals surface area contributed by atoms with Gasteiger partial charge in [-0.05, 0) is 43.5 Å². The van der Waals surface area contributed by atoms with E-state index in [-0.39, 0.29) is 5.91 Å². The Morgan fingerprint density at radius 2 is 1.90 bits per heavy atom. The fourth-order valence-electron chi connectivity index (χ4n) is 3.88. The third kappa shape index (κ3) is 6.07. The van der Waals surface area contributed by atoms with Gasteiger partial charge in [0.15, 0.2) is 5.96 Å². The molecule has 2 aromatic carbocycles. The van der Waals surface area contributed by atoms with E-state index in [1.807, 2.05) is 24.3 Å². The Hall–Kier alpha value is -2.86. The van der Waals surface area contributed by atoms with Gasteiger partial charge in [0.1, 0.15) is 0 Å². The topological polar surface area (TPSA) is 68.8 Å². The second kappa shape index (κ2) is 10.8. The summed E-state index contributed by atoms with van der Waals surface area (Å²) in [6.07, 6.45) is 1.09. The van der Waals surface area contributed by atoms with E-state index in [1.165, 1.54) is 5.56 Å². The van der Waals surface area contributed by atoms with Gasteiger partial charge < -0.3 is 16.0 Å². The summed E-state index contributed by atoms with van der Waals surface area (Å²) in [5.74, 6) is 0.742. The smallest absolute Gasteiger partial charge is 0.251 e. The van der Waals surface area contributed by atoms with Crippen LogP contribution in [0.15, 0.2) is 59.6 Å². The van der Waals surface area contributed by atoms with E-state index in [9.17, 15) is 4.79 Å². The molecular weight excluding hydrogens is 374 g/mol. The Morgan fingerprint density at radius 1 is 1.13 bits per heavy atom. The van der Waals surface area contributed by atoms with E-state index in [0.717, 1.165) is 37.6 Å². The number of carbonyl (C=O) groups is 1. The SMILES string of the molecule is CCNC(=NCc1cccc(C(=O)NC)c1)NC1CC(C)N(Cc2ccccc2)C1. The van der Waals surface area contributed by atoms with Crippen molar-refractivity contribution >= 4 is 11.9 Å². The normalized spacial score (nSPS) is 19.5. The average Bonchev–Trinajstić information content (AvgIpc) is 3.11. The molecule has 2 atom stereocenters. The van der Waals surface area contributed by atoms with Crippen LogP contribution in [0, 0.1) is 0 Å². The van der Waals surface area contributed by atoms with Crippen LogP contribution in [-0.2, 0) is 13.1 Å².